The molecule has 1 aliphatic heterocycles. The first-order chi connectivity index (χ1) is 14.5. The van der Waals surface area contributed by atoms with E-state index in [1.165, 1.54) is 18.4 Å². The van der Waals surface area contributed by atoms with Crippen molar-refractivity contribution in [2.45, 2.75) is 29.7 Å². The minimum Gasteiger partial charge on any atom is -0.357 e. The molecule has 1 heterocycles. The van der Waals surface area contributed by atoms with E-state index in [9.17, 15) is 8.42 Å². The van der Waals surface area contributed by atoms with Crippen molar-refractivity contribution in [3.8, 4) is 0 Å². The minimum atomic E-state index is -3.41. The Balaban J connectivity index is 1.58. The second-order valence-corrected chi connectivity index (χ2v) is 10.2. The van der Waals surface area contributed by atoms with Crippen LogP contribution in [0.4, 0.5) is 0 Å². The molecule has 2 aromatic carbocycles. The first kappa shape index (κ1) is 22.7. The van der Waals surface area contributed by atoms with Crippen molar-refractivity contribution in [1.29, 1.82) is 0 Å². The number of thioether (sulfide) groups is 1. The van der Waals surface area contributed by atoms with E-state index in [-0.39, 0.29) is 4.90 Å². The lowest BCUT2D eigenvalue weighted by Gasteiger charge is -2.21. The van der Waals surface area contributed by atoms with E-state index >= 15 is 0 Å². The van der Waals surface area contributed by atoms with Gasteiger partial charge in [0.2, 0.25) is 10.0 Å². The molecule has 2 N–H and O–H groups in total. The van der Waals surface area contributed by atoms with Gasteiger partial charge in [-0.3, -0.25) is 0 Å². The molecule has 1 atom stereocenters. The summed E-state index contributed by atoms with van der Waals surface area (Å²) in [6.07, 6.45) is 1.17. The van der Waals surface area contributed by atoms with Crippen molar-refractivity contribution >= 4 is 27.7 Å². The Morgan fingerprint density at radius 2 is 1.90 bits per heavy atom. The van der Waals surface area contributed by atoms with E-state index in [2.05, 4.69) is 46.1 Å². The number of likely N-dealkylation sites (tertiary alicyclic amines) is 1. The van der Waals surface area contributed by atoms with Crippen LogP contribution in [0.3, 0.4) is 0 Å². The number of benzene rings is 2. The number of rotatable bonds is 8. The summed E-state index contributed by atoms with van der Waals surface area (Å²) < 4.78 is 26.0. The highest BCUT2D eigenvalue weighted by atomic mass is 32.2. The van der Waals surface area contributed by atoms with Crippen molar-refractivity contribution in [2.24, 2.45) is 10.9 Å². The van der Waals surface area contributed by atoms with Crippen LogP contribution >= 0.6 is 11.8 Å². The Morgan fingerprint density at radius 3 is 2.57 bits per heavy atom. The molecule has 0 spiro atoms. The normalized spacial score (nSPS) is 17.3. The third-order valence-electron chi connectivity index (χ3n) is 5.06. The van der Waals surface area contributed by atoms with Crippen molar-refractivity contribution in [2.75, 3.05) is 32.4 Å². The fourth-order valence-corrected chi connectivity index (χ4v) is 5.16. The van der Waals surface area contributed by atoms with E-state index < -0.39 is 10.0 Å². The maximum atomic E-state index is 11.9. The van der Waals surface area contributed by atoms with Gasteiger partial charge in [-0.2, -0.15) is 0 Å². The summed E-state index contributed by atoms with van der Waals surface area (Å²) in [6.45, 7) is 5.42. The van der Waals surface area contributed by atoms with E-state index in [1.54, 1.807) is 12.1 Å². The molecule has 1 aliphatic rings. The van der Waals surface area contributed by atoms with Crippen molar-refractivity contribution in [3.63, 3.8) is 0 Å². The van der Waals surface area contributed by atoms with Crippen molar-refractivity contribution in [1.82, 2.24) is 14.9 Å². The molecule has 162 valence electrons. The van der Waals surface area contributed by atoms with E-state index in [1.807, 2.05) is 30.0 Å². The van der Waals surface area contributed by atoms with Gasteiger partial charge in [0.25, 0.3) is 0 Å². The van der Waals surface area contributed by atoms with Gasteiger partial charge < -0.3 is 10.2 Å². The predicted molar refractivity (Wildman–Crippen MR) is 124 cm³/mol. The molecule has 0 saturated carbocycles. The molecule has 2 aromatic rings. The summed E-state index contributed by atoms with van der Waals surface area (Å²) in [4.78, 5) is 8.71. The zero-order valence-corrected chi connectivity index (χ0v) is 19.2. The highest BCUT2D eigenvalue weighted by molar-refractivity contribution is 7.99. The molecule has 30 heavy (non-hydrogen) atoms. The summed E-state index contributed by atoms with van der Waals surface area (Å²) >= 11 is 1.92. The molecule has 1 fully saturated rings. The van der Waals surface area contributed by atoms with Gasteiger partial charge in [-0.05, 0) is 56.1 Å². The number of sulfonamides is 1. The van der Waals surface area contributed by atoms with Crippen LogP contribution in [0, 0.1) is 5.92 Å². The molecule has 1 saturated heterocycles. The van der Waals surface area contributed by atoms with Gasteiger partial charge in [0, 0.05) is 30.3 Å². The Morgan fingerprint density at radius 1 is 1.17 bits per heavy atom. The van der Waals surface area contributed by atoms with Gasteiger partial charge >= 0.3 is 0 Å². The third-order valence-corrected chi connectivity index (χ3v) is 7.74. The smallest absolute Gasteiger partial charge is 0.240 e. The predicted octanol–water partition coefficient (Wildman–Crippen LogP) is 3.17. The van der Waals surface area contributed by atoms with E-state index in [0.29, 0.717) is 12.5 Å². The average Bonchev–Trinajstić information content (AvgIpc) is 3.25. The minimum absolute atomic E-state index is 0.267. The number of nitrogens with one attached hydrogen (secondary N) is 2. The van der Waals surface area contributed by atoms with Crippen LogP contribution in [0.5, 0.6) is 0 Å². The maximum Gasteiger partial charge on any atom is 0.240 e. The summed E-state index contributed by atoms with van der Waals surface area (Å²) in [5, 5.41) is 3.40. The van der Waals surface area contributed by atoms with Crippen molar-refractivity contribution < 1.29 is 8.42 Å². The Bertz CT molecular complexity index is 931. The topological polar surface area (TPSA) is 73.8 Å². The lowest BCUT2D eigenvalue weighted by molar-refractivity contribution is 0.474. The Hall–Kier alpha value is -2.03. The first-order valence-electron chi connectivity index (χ1n) is 10.3. The van der Waals surface area contributed by atoms with Crippen LogP contribution in [-0.4, -0.2) is 51.7 Å². The number of guanidine groups is 1. The molecule has 8 heteroatoms. The second kappa shape index (κ2) is 10.8. The van der Waals surface area contributed by atoms with Crippen LogP contribution in [-0.2, 0) is 16.6 Å². The molecule has 0 radical (unpaired) electrons. The fourth-order valence-electron chi connectivity index (χ4n) is 3.38. The largest absolute Gasteiger partial charge is 0.357 e. The highest BCUT2D eigenvalue weighted by Crippen LogP contribution is 2.26. The first-order valence-corrected chi connectivity index (χ1v) is 12.7. The molecule has 3 rings (SSSR count). The SMILES string of the molecule is CCNC(=NCc1ccc(S(=O)(=O)NC)cc1)N1CCC(CSc2ccccc2)C1. The van der Waals surface area contributed by atoms with Gasteiger partial charge in [-0.15, -0.1) is 11.8 Å². The molecule has 0 amide bonds. The van der Waals surface area contributed by atoms with Gasteiger partial charge in [0.05, 0.1) is 11.4 Å². The lowest BCUT2D eigenvalue weighted by Crippen LogP contribution is -2.40. The van der Waals surface area contributed by atoms with E-state index in [0.717, 1.165) is 36.9 Å². The quantitative estimate of drug-likeness (QED) is 0.370. The van der Waals surface area contributed by atoms with Crippen LogP contribution in [0.15, 0.2) is 69.4 Å². The Labute approximate surface area is 184 Å². The summed E-state index contributed by atoms with van der Waals surface area (Å²) in [5.41, 5.74) is 0.982. The molecule has 0 aromatic heterocycles. The zero-order chi connectivity index (χ0) is 21.4. The number of aliphatic imine (C=N–C) groups is 1. The molecular weight excluding hydrogens is 416 g/mol. The summed E-state index contributed by atoms with van der Waals surface area (Å²) in [7, 11) is -1.99. The van der Waals surface area contributed by atoms with Crippen LogP contribution in [0.1, 0.15) is 18.9 Å². The maximum absolute atomic E-state index is 11.9. The highest BCUT2D eigenvalue weighted by Gasteiger charge is 2.25. The van der Waals surface area contributed by atoms with Gasteiger partial charge in [0.1, 0.15) is 0 Å². The Kier molecular flexibility index (Phi) is 8.18. The van der Waals surface area contributed by atoms with Crippen LogP contribution in [0.25, 0.3) is 0 Å². The summed E-state index contributed by atoms with van der Waals surface area (Å²) in [6, 6.07) is 17.4. The van der Waals surface area contributed by atoms with Gasteiger partial charge in [0.15, 0.2) is 5.96 Å². The third kappa shape index (κ3) is 6.23. The van der Waals surface area contributed by atoms with Crippen molar-refractivity contribution in [3.05, 3.63) is 60.2 Å². The molecule has 0 bridgehead atoms. The summed E-state index contributed by atoms with van der Waals surface area (Å²) in [5.74, 6) is 2.68. The number of nitrogens with zero attached hydrogens (tertiary/aromatic N) is 2. The molecule has 0 aliphatic carbocycles. The second-order valence-electron chi connectivity index (χ2n) is 7.25. The van der Waals surface area contributed by atoms with Crippen LogP contribution < -0.4 is 10.0 Å². The fraction of sp³-hybridized carbons (Fsp3) is 0.409. The number of hydrogen-bond acceptors (Lipinski definition) is 4. The van der Waals surface area contributed by atoms with Crippen LogP contribution in [0.2, 0.25) is 0 Å². The van der Waals surface area contributed by atoms with E-state index in [4.69, 9.17) is 4.99 Å². The zero-order valence-electron chi connectivity index (χ0n) is 17.5. The standard InChI is InChI=1S/C22H30N4O2S2/c1-3-24-22(25-15-18-9-11-21(12-10-18)30(27,28)23-2)26-14-13-19(16-26)17-29-20-7-5-4-6-8-20/h4-12,19,23H,3,13-17H2,1-2H3,(H,24,25). The lowest BCUT2D eigenvalue weighted by atomic mass is 10.2. The average molecular weight is 447 g/mol. The molecular formula is C22H30N4O2S2. The molecule has 6 nitrogen and oxygen atoms in total. The van der Waals surface area contributed by atoms with Gasteiger partial charge in [-0.25, -0.2) is 18.1 Å². The number of hydrogen-bond donors (Lipinski definition) is 2. The monoisotopic (exact) mass is 446 g/mol. The molecule has 1 unspecified atom stereocenters. The van der Waals surface area contributed by atoms with Gasteiger partial charge in [-0.1, -0.05) is 30.3 Å².